The van der Waals surface area contributed by atoms with Gasteiger partial charge in [0, 0.05) is 18.7 Å². The van der Waals surface area contributed by atoms with Crippen molar-refractivity contribution in [3.8, 4) is 0 Å². The van der Waals surface area contributed by atoms with Crippen molar-refractivity contribution in [3.05, 3.63) is 44.0 Å². The van der Waals surface area contributed by atoms with E-state index in [1.54, 1.807) is 0 Å². The summed E-state index contributed by atoms with van der Waals surface area (Å²) in [4.78, 5) is 20.9. The molecular weight excluding hydrogens is 288 g/mol. The lowest BCUT2D eigenvalue weighted by Crippen LogP contribution is -2.01. The Labute approximate surface area is 129 Å². The normalized spacial score (nSPS) is 10.6. The van der Waals surface area contributed by atoms with E-state index >= 15 is 0 Å². The van der Waals surface area contributed by atoms with E-state index < -0.39 is 9.85 Å². The Morgan fingerprint density at radius 3 is 1.73 bits per heavy atom. The molecule has 1 aromatic carbocycles. The molecule has 122 valence electrons. The van der Waals surface area contributed by atoms with Crippen molar-refractivity contribution in [2.45, 2.75) is 51.4 Å². The van der Waals surface area contributed by atoms with Crippen LogP contribution >= 0.6 is 0 Å². The first-order valence-electron chi connectivity index (χ1n) is 7.59. The predicted molar refractivity (Wildman–Crippen MR) is 82.9 cm³/mol. The van der Waals surface area contributed by atoms with Crippen LogP contribution in [0.3, 0.4) is 0 Å². The molecule has 1 rings (SSSR count). The lowest BCUT2D eigenvalue weighted by molar-refractivity contribution is -0.395. The van der Waals surface area contributed by atoms with E-state index in [2.05, 4.69) is 0 Å². The molecule has 0 aliphatic carbocycles. The minimum atomic E-state index is -0.558. The Morgan fingerprint density at radius 2 is 1.27 bits per heavy atom. The number of nitro benzene ring substituents is 2. The van der Waals surface area contributed by atoms with E-state index in [0.29, 0.717) is 12.8 Å². The van der Waals surface area contributed by atoms with Crippen molar-refractivity contribution in [1.29, 1.82) is 0 Å². The lowest BCUT2D eigenvalue weighted by atomic mass is 10.0. The first-order valence-corrected chi connectivity index (χ1v) is 7.59. The van der Waals surface area contributed by atoms with Crippen molar-refractivity contribution in [2.75, 3.05) is 6.61 Å². The quantitative estimate of drug-likeness (QED) is 0.380. The highest BCUT2D eigenvalue weighted by Crippen LogP contribution is 2.29. The monoisotopic (exact) mass is 310 g/mol. The number of nitro groups is 2. The first-order chi connectivity index (χ1) is 10.6. The third-order valence-electron chi connectivity index (χ3n) is 3.60. The molecule has 1 aromatic rings. The second-order valence-corrected chi connectivity index (χ2v) is 5.24. The highest BCUT2D eigenvalue weighted by atomic mass is 16.6. The molecular formula is C15H22N2O5. The van der Waals surface area contributed by atoms with Gasteiger partial charge in [-0.2, -0.15) is 0 Å². The molecule has 0 atom stereocenters. The predicted octanol–water partition coefficient (Wildman–Crippen LogP) is 3.77. The Morgan fingerprint density at radius 1 is 0.818 bits per heavy atom. The summed E-state index contributed by atoms with van der Waals surface area (Å²) in [6.07, 6.45) is 6.89. The van der Waals surface area contributed by atoms with Crippen LogP contribution < -0.4 is 0 Å². The summed E-state index contributed by atoms with van der Waals surface area (Å²) in [6.45, 7) is 0.224. The van der Waals surface area contributed by atoms with Gasteiger partial charge in [0.25, 0.3) is 11.4 Å². The van der Waals surface area contributed by atoms with Crippen LogP contribution in [0.25, 0.3) is 0 Å². The van der Waals surface area contributed by atoms with Gasteiger partial charge in [0.1, 0.15) is 5.56 Å². The average molecular weight is 310 g/mol. The summed E-state index contributed by atoms with van der Waals surface area (Å²) in [5.41, 5.74) is -0.118. The van der Waals surface area contributed by atoms with E-state index in [0.717, 1.165) is 38.5 Å². The number of benzene rings is 1. The van der Waals surface area contributed by atoms with Gasteiger partial charge in [-0.25, -0.2) is 0 Å². The Hall–Kier alpha value is -2.02. The zero-order chi connectivity index (χ0) is 16.4. The molecule has 0 saturated heterocycles. The number of unbranched alkanes of at least 4 members (excludes halogenated alkanes) is 6. The van der Waals surface area contributed by atoms with Gasteiger partial charge in [0.2, 0.25) is 0 Å². The van der Waals surface area contributed by atoms with Crippen molar-refractivity contribution in [2.24, 2.45) is 0 Å². The molecule has 0 amide bonds. The number of nitrogens with zero attached hydrogens (tertiary/aromatic N) is 2. The van der Waals surface area contributed by atoms with Crippen LogP contribution in [0.5, 0.6) is 0 Å². The first kappa shape index (κ1) is 18.0. The zero-order valence-corrected chi connectivity index (χ0v) is 12.6. The van der Waals surface area contributed by atoms with Gasteiger partial charge in [0.15, 0.2) is 0 Å². The summed E-state index contributed by atoms with van der Waals surface area (Å²) in [5, 5.41) is 30.7. The molecule has 1 N–H and O–H groups in total. The summed E-state index contributed by atoms with van der Waals surface area (Å²) >= 11 is 0. The fourth-order valence-electron chi connectivity index (χ4n) is 2.46. The molecule has 0 radical (unpaired) electrons. The van der Waals surface area contributed by atoms with Crippen LogP contribution in [0, 0.1) is 20.2 Å². The second kappa shape index (κ2) is 9.83. The topological polar surface area (TPSA) is 107 Å². The van der Waals surface area contributed by atoms with Crippen molar-refractivity contribution >= 4 is 11.4 Å². The van der Waals surface area contributed by atoms with Crippen molar-refractivity contribution in [1.82, 2.24) is 0 Å². The van der Waals surface area contributed by atoms with Gasteiger partial charge in [-0.3, -0.25) is 20.2 Å². The van der Waals surface area contributed by atoms with Crippen molar-refractivity contribution in [3.63, 3.8) is 0 Å². The largest absolute Gasteiger partial charge is 0.396 e. The van der Waals surface area contributed by atoms with Crippen molar-refractivity contribution < 1.29 is 15.0 Å². The standard InChI is InChI=1S/C15H22N2O5/c18-12-7-5-3-1-2-4-6-9-13-14(16(19)20)10-8-11-15(13)17(21)22/h8,10-11,18H,1-7,9,12H2. The molecule has 0 aliphatic rings. The summed E-state index contributed by atoms with van der Waals surface area (Å²) in [5.74, 6) is 0. The van der Waals surface area contributed by atoms with E-state index in [9.17, 15) is 20.2 Å². The molecule has 22 heavy (non-hydrogen) atoms. The van der Waals surface area contributed by atoms with Crippen LogP contribution in [0.1, 0.15) is 50.5 Å². The molecule has 7 heteroatoms. The number of rotatable bonds is 11. The number of hydrogen-bond acceptors (Lipinski definition) is 5. The summed E-state index contributed by atoms with van der Waals surface area (Å²) in [7, 11) is 0. The smallest absolute Gasteiger partial charge is 0.279 e. The fraction of sp³-hybridized carbons (Fsp3) is 0.600. The number of hydrogen-bond donors (Lipinski definition) is 1. The van der Waals surface area contributed by atoms with E-state index in [-0.39, 0.29) is 23.5 Å². The van der Waals surface area contributed by atoms with Gasteiger partial charge in [0.05, 0.1) is 9.85 Å². The van der Waals surface area contributed by atoms with Gasteiger partial charge in [-0.15, -0.1) is 0 Å². The third kappa shape index (κ3) is 5.77. The van der Waals surface area contributed by atoms with Crippen LogP contribution in [-0.2, 0) is 6.42 Å². The Kier molecular flexibility index (Phi) is 8.06. The molecule has 0 aliphatic heterocycles. The molecule has 0 spiro atoms. The van der Waals surface area contributed by atoms with Gasteiger partial charge in [-0.1, -0.05) is 32.1 Å². The van der Waals surface area contributed by atoms with Gasteiger partial charge in [-0.05, 0) is 25.3 Å². The second-order valence-electron chi connectivity index (χ2n) is 5.24. The van der Waals surface area contributed by atoms with Gasteiger partial charge >= 0.3 is 0 Å². The maximum Gasteiger partial charge on any atom is 0.279 e. The molecule has 0 unspecified atom stereocenters. The van der Waals surface area contributed by atoms with E-state index in [1.165, 1.54) is 18.2 Å². The average Bonchev–Trinajstić information content (AvgIpc) is 2.49. The number of aliphatic hydroxyl groups excluding tert-OH is 1. The fourth-order valence-corrected chi connectivity index (χ4v) is 2.46. The molecule has 0 aromatic heterocycles. The SMILES string of the molecule is O=[N+]([O-])c1cccc([N+](=O)[O-])c1CCCCCCCCCO. The van der Waals surface area contributed by atoms with E-state index in [1.807, 2.05) is 0 Å². The highest BCUT2D eigenvalue weighted by Gasteiger charge is 2.23. The molecule has 0 saturated carbocycles. The number of aliphatic hydroxyl groups is 1. The van der Waals surface area contributed by atoms with Crippen LogP contribution in [0.2, 0.25) is 0 Å². The molecule has 0 heterocycles. The summed E-state index contributed by atoms with van der Waals surface area (Å²) in [6, 6.07) is 3.98. The minimum absolute atomic E-state index is 0.169. The van der Waals surface area contributed by atoms with Crippen LogP contribution in [-0.4, -0.2) is 21.6 Å². The molecule has 0 fully saturated rings. The van der Waals surface area contributed by atoms with Crippen LogP contribution in [0.15, 0.2) is 18.2 Å². The molecule has 0 bridgehead atoms. The maximum absolute atomic E-state index is 11.0. The van der Waals surface area contributed by atoms with Gasteiger partial charge < -0.3 is 5.11 Å². The third-order valence-corrected chi connectivity index (χ3v) is 3.60. The summed E-state index contributed by atoms with van der Waals surface area (Å²) < 4.78 is 0. The maximum atomic E-state index is 11.0. The highest BCUT2D eigenvalue weighted by molar-refractivity contribution is 5.53. The minimum Gasteiger partial charge on any atom is -0.396 e. The Bertz CT molecular complexity index is 472. The zero-order valence-electron chi connectivity index (χ0n) is 12.6. The van der Waals surface area contributed by atoms with E-state index in [4.69, 9.17) is 5.11 Å². The van der Waals surface area contributed by atoms with Crippen LogP contribution in [0.4, 0.5) is 11.4 Å². The molecule has 7 nitrogen and oxygen atoms in total. The Balaban J connectivity index is 2.50. The lowest BCUT2D eigenvalue weighted by Gasteiger charge is -2.04.